The summed E-state index contributed by atoms with van der Waals surface area (Å²) in [7, 11) is 0. The molecule has 0 unspecified atom stereocenters. The molecule has 0 aliphatic heterocycles. The van der Waals surface area contributed by atoms with E-state index in [1.54, 1.807) is 0 Å². The molecule has 0 aliphatic carbocycles. The van der Waals surface area contributed by atoms with Crippen molar-refractivity contribution in [2.45, 2.75) is 13.8 Å². The van der Waals surface area contributed by atoms with Crippen LogP contribution in [0.4, 0.5) is 10.5 Å². The third kappa shape index (κ3) is 5.22. The summed E-state index contributed by atoms with van der Waals surface area (Å²) >= 11 is 2.20. The Morgan fingerprint density at radius 2 is 1.94 bits per heavy atom. The Hall–Kier alpha value is -0.820. The molecule has 4 nitrogen and oxygen atoms in total. The molecular formula is C13H20IN3O. The van der Waals surface area contributed by atoms with Crippen LogP contribution in [0.3, 0.4) is 0 Å². The van der Waals surface area contributed by atoms with Gasteiger partial charge in [-0.05, 0) is 47.8 Å². The smallest absolute Gasteiger partial charge is 0.319 e. The molecule has 0 aliphatic rings. The van der Waals surface area contributed by atoms with Crippen LogP contribution in [-0.4, -0.2) is 37.1 Å². The van der Waals surface area contributed by atoms with Crippen LogP contribution in [0.1, 0.15) is 13.8 Å². The van der Waals surface area contributed by atoms with Crippen molar-refractivity contribution < 1.29 is 4.79 Å². The van der Waals surface area contributed by atoms with E-state index in [-0.39, 0.29) is 6.03 Å². The van der Waals surface area contributed by atoms with Crippen molar-refractivity contribution in [3.05, 3.63) is 27.8 Å². The SMILES string of the molecule is CCN(CC)CCNC(=O)Nc1ccccc1I. The Balaban J connectivity index is 2.32. The molecule has 0 heterocycles. The average molecular weight is 361 g/mol. The van der Waals surface area contributed by atoms with Gasteiger partial charge in [0.1, 0.15) is 0 Å². The molecule has 5 heteroatoms. The van der Waals surface area contributed by atoms with Gasteiger partial charge in [-0.1, -0.05) is 26.0 Å². The van der Waals surface area contributed by atoms with Crippen molar-refractivity contribution in [1.29, 1.82) is 0 Å². The van der Waals surface area contributed by atoms with Crippen LogP contribution in [0.5, 0.6) is 0 Å². The van der Waals surface area contributed by atoms with Gasteiger partial charge in [-0.15, -0.1) is 0 Å². The Morgan fingerprint density at radius 1 is 1.28 bits per heavy atom. The number of carbonyl (C=O) groups is 1. The standard InChI is InChI=1S/C13H20IN3O/c1-3-17(4-2)10-9-15-13(18)16-12-8-6-5-7-11(12)14/h5-8H,3-4,9-10H2,1-2H3,(H2,15,16,18). The van der Waals surface area contributed by atoms with Crippen molar-refractivity contribution in [3.63, 3.8) is 0 Å². The van der Waals surface area contributed by atoms with E-state index in [0.29, 0.717) is 6.54 Å². The first-order chi connectivity index (χ1) is 8.67. The van der Waals surface area contributed by atoms with Crippen LogP contribution in [-0.2, 0) is 0 Å². The maximum absolute atomic E-state index is 11.7. The van der Waals surface area contributed by atoms with E-state index in [1.807, 2.05) is 24.3 Å². The third-order valence-corrected chi connectivity index (χ3v) is 3.67. The summed E-state index contributed by atoms with van der Waals surface area (Å²) in [6.45, 7) is 7.81. The molecule has 2 amide bonds. The number of hydrogen-bond acceptors (Lipinski definition) is 2. The zero-order chi connectivity index (χ0) is 13.4. The normalized spacial score (nSPS) is 10.4. The lowest BCUT2D eigenvalue weighted by Crippen LogP contribution is -2.37. The minimum atomic E-state index is -0.147. The number of nitrogens with zero attached hydrogens (tertiary/aromatic N) is 1. The lowest BCUT2D eigenvalue weighted by Gasteiger charge is -2.18. The van der Waals surface area contributed by atoms with Crippen molar-refractivity contribution in [3.8, 4) is 0 Å². The summed E-state index contributed by atoms with van der Waals surface area (Å²) in [5.74, 6) is 0. The molecular weight excluding hydrogens is 341 g/mol. The van der Waals surface area contributed by atoms with E-state index in [4.69, 9.17) is 0 Å². The molecule has 2 N–H and O–H groups in total. The number of amides is 2. The second-order valence-corrected chi connectivity index (χ2v) is 5.05. The molecule has 0 saturated carbocycles. The number of benzene rings is 1. The summed E-state index contributed by atoms with van der Waals surface area (Å²) in [5, 5.41) is 5.71. The third-order valence-electron chi connectivity index (χ3n) is 2.73. The second-order valence-electron chi connectivity index (χ2n) is 3.89. The molecule has 0 spiro atoms. The number of rotatable bonds is 6. The molecule has 18 heavy (non-hydrogen) atoms. The predicted molar refractivity (Wildman–Crippen MR) is 84.0 cm³/mol. The van der Waals surface area contributed by atoms with Crippen molar-refractivity contribution in [2.24, 2.45) is 0 Å². The highest BCUT2D eigenvalue weighted by Crippen LogP contribution is 2.16. The van der Waals surface area contributed by atoms with E-state index in [1.165, 1.54) is 0 Å². The van der Waals surface area contributed by atoms with Gasteiger partial charge in [0.05, 0.1) is 5.69 Å². The summed E-state index contributed by atoms with van der Waals surface area (Å²) in [6.07, 6.45) is 0. The quantitative estimate of drug-likeness (QED) is 0.766. The van der Waals surface area contributed by atoms with Crippen LogP contribution in [0.2, 0.25) is 0 Å². The summed E-state index contributed by atoms with van der Waals surface area (Å²) in [4.78, 5) is 13.9. The molecule has 0 aromatic heterocycles. The van der Waals surface area contributed by atoms with Gasteiger partial charge in [0, 0.05) is 16.7 Å². The first-order valence-corrected chi connectivity index (χ1v) is 7.27. The van der Waals surface area contributed by atoms with E-state index < -0.39 is 0 Å². The highest BCUT2D eigenvalue weighted by Gasteiger charge is 2.04. The minimum Gasteiger partial charge on any atom is -0.337 e. The topological polar surface area (TPSA) is 44.4 Å². The van der Waals surface area contributed by atoms with E-state index in [0.717, 1.165) is 28.9 Å². The molecule has 0 saturated heterocycles. The number of likely N-dealkylation sites (N-methyl/N-ethyl adjacent to an activating group) is 1. The van der Waals surface area contributed by atoms with E-state index >= 15 is 0 Å². The first-order valence-electron chi connectivity index (χ1n) is 6.19. The zero-order valence-corrected chi connectivity index (χ0v) is 13.0. The predicted octanol–water partition coefficient (Wildman–Crippen LogP) is 2.75. The number of nitrogens with one attached hydrogen (secondary N) is 2. The van der Waals surface area contributed by atoms with E-state index in [9.17, 15) is 4.79 Å². The molecule has 1 rings (SSSR count). The molecule has 0 atom stereocenters. The summed E-state index contributed by atoms with van der Waals surface area (Å²) < 4.78 is 1.04. The van der Waals surface area contributed by atoms with Crippen LogP contribution in [0, 0.1) is 3.57 Å². The van der Waals surface area contributed by atoms with Crippen LogP contribution in [0.25, 0.3) is 0 Å². The van der Waals surface area contributed by atoms with Gasteiger partial charge in [0.25, 0.3) is 0 Å². The van der Waals surface area contributed by atoms with Gasteiger partial charge in [-0.3, -0.25) is 0 Å². The highest BCUT2D eigenvalue weighted by atomic mass is 127. The van der Waals surface area contributed by atoms with E-state index in [2.05, 4.69) is 52.0 Å². The Labute approximate surface area is 122 Å². The second kappa shape index (κ2) is 8.31. The fourth-order valence-corrected chi connectivity index (χ4v) is 2.12. The van der Waals surface area contributed by atoms with Crippen molar-refractivity contribution >= 4 is 34.3 Å². The van der Waals surface area contributed by atoms with Crippen LogP contribution >= 0.6 is 22.6 Å². The van der Waals surface area contributed by atoms with Gasteiger partial charge < -0.3 is 15.5 Å². The number of hydrogen-bond donors (Lipinski definition) is 2. The summed E-state index contributed by atoms with van der Waals surface area (Å²) in [5.41, 5.74) is 0.846. The largest absolute Gasteiger partial charge is 0.337 e. The van der Waals surface area contributed by atoms with Crippen molar-refractivity contribution in [1.82, 2.24) is 10.2 Å². The number of anilines is 1. The maximum Gasteiger partial charge on any atom is 0.319 e. The first kappa shape index (κ1) is 15.2. The minimum absolute atomic E-state index is 0.147. The van der Waals surface area contributed by atoms with Gasteiger partial charge >= 0.3 is 6.03 Å². The highest BCUT2D eigenvalue weighted by molar-refractivity contribution is 14.1. The molecule has 0 radical (unpaired) electrons. The fraction of sp³-hybridized carbons (Fsp3) is 0.462. The number of halogens is 1. The van der Waals surface area contributed by atoms with Gasteiger partial charge in [0.15, 0.2) is 0 Å². The number of carbonyl (C=O) groups excluding carboxylic acids is 1. The Morgan fingerprint density at radius 3 is 2.56 bits per heavy atom. The summed E-state index contributed by atoms with van der Waals surface area (Å²) in [6, 6.07) is 7.57. The molecule has 1 aromatic carbocycles. The lowest BCUT2D eigenvalue weighted by molar-refractivity contribution is 0.248. The molecule has 0 fully saturated rings. The zero-order valence-electron chi connectivity index (χ0n) is 10.9. The monoisotopic (exact) mass is 361 g/mol. The van der Waals surface area contributed by atoms with Gasteiger partial charge in [0.2, 0.25) is 0 Å². The molecule has 1 aromatic rings. The average Bonchev–Trinajstić information content (AvgIpc) is 2.37. The fourth-order valence-electron chi connectivity index (χ4n) is 1.60. The lowest BCUT2D eigenvalue weighted by atomic mass is 10.3. The molecule has 100 valence electrons. The Bertz CT molecular complexity index is 380. The van der Waals surface area contributed by atoms with Gasteiger partial charge in [-0.25, -0.2) is 4.79 Å². The van der Waals surface area contributed by atoms with Gasteiger partial charge in [-0.2, -0.15) is 0 Å². The molecule has 0 bridgehead atoms. The van der Waals surface area contributed by atoms with Crippen LogP contribution < -0.4 is 10.6 Å². The maximum atomic E-state index is 11.7. The van der Waals surface area contributed by atoms with Crippen LogP contribution in [0.15, 0.2) is 24.3 Å². The Kier molecular flexibility index (Phi) is 7.04. The van der Waals surface area contributed by atoms with Crippen molar-refractivity contribution in [2.75, 3.05) is 31.5 Å². The number of para-hydroxylation sites is 1. The number of urea groups is 1.